The third-order valence-corrected chi connectivity index (χ3v) is 5.12. The van der Waals surface area contributed by atoms with Gasteiger partial charge in [-0.1, -0.05) is 0 Å². The lowest BCUT2D eigenvalue weighted by Crippen LogP contribution is -2.37. The molecule has 0 atom stereocenters. The van der Waals surface area contributed by atoms with Gasteiger partial charge in [0.05, 0.1) is 49.4 Å². The Morgan fingerprint density at radius 3 is 1.71 bits per heavy atom. The Morgan fingerprint density at radius 1 is 0.839 bits per heavy atom. The van der Waals surface area contributed by atoms with Gasteiger partial charge in [-0.3, -0.25) is 9.59 Å². The van der Waals surface area contributed by atoms with E-state index in [-0.39, 0.29) is 46.8 Å². The van der Waals surface area contributed by atoms with E-state index in [1.54, 1.807) is 12.1 Å². The first kappa shape index (κ1) is 22.5. The molecule has 1 aliphatic carbocycles. The van der Waals surface area contributed by atoms with Crippen molar-refractivity contribution in [1.29, 1.82) is 0 Å². The lowest BCUT2D eigenvalue weighted by Gasteiger charge is -2.34. The number of benzene rings is 2. The summed E-state index contributed by atoms with van der Waals surface area (Å²) in [7, 11) is 6.87. The number of hydrogen-bond donors (Lipinski definition) is 4. The highest BCUT2D eigenvalue weighted by atomic mass is 16.5. The van der Waals surface area contributed by atoms with Crippen LogP contribution in [0.1, 0.15) is 31.8 Å². The van der Waals surface area contributed by atoms with E-state index in [9.17, 15) is 25.0 Å². The molecule has 0 heterocycles. The Kier molecular flexibility index (Phi) is 6.21. The number of carbonyl (C=O) groups excluding carboxylic acids is 2. The van der Waals surface area contributed by atoms with E-state index in [2.05, 4.69) is 10.6 Å². The second-order valence-corrected chi connectivity index (χ2v) is 8.38. The number of nitrogens with one attached hydrogen (secondary N) is 2. The SMILES string of the molecule is CN(C)CCNc1ccc(NCC[N+](C)(C)[O-])c2c1C(=O)c1c(O)ccc(O)c1C2=O. The van der Waals surface area contributed by atoms with Crippen molar-refractivity contribution in [2.45, 2.75) is 0 Å². The van der Waals surface area contributed by atoms with Crippen LogP contribution in [0.5, 0.6) is 11.5 Å². The Bertz CT molecular complexity index is 1030. The predicted molar refractivity (Wildman–Crippen MR) is 119 cm³/mol. The topological polar surface area (TPSA) is 125 Å². The summed E-state index contributed by atoms with van der Waals surface area (Å²) in [5.41, 5.74) is 0.693. The molecule has 9 nitrogen and oxygen atoms in total. The number of quaternary nitrogens is 1. The van der Waals surface area contributed by atoms with Crippen LogP contribution in [0.15, 0.2) is 24.3 Å². The number of anilines is 2. The number of rotatable bonds is 8. The van der Waals surface area contributed by atoms with E-state index in [0.717, 1.165) is 0 Å². The fourth-order valence-electron chi connectivity index (χ4n) is 3.53. The van der Waals surface area contributed by atoms with E-state index >= 15 is 0 Å². The van der Waals surface area contributed by atoms with Crippen LogP contribution in [0.3, 0.4) is 0 Å². The molecule has 0 fully saturated rings. The largest absolute Gasteiger partial charge is 0.633 e. The van der Waals surface area contributed by atoms with E-state index in [4.69, 9.17) is 0 Å². The van der Waals surface area contributed by atoms with Crippen molar-refractivity contribution in [1.82, 2.24) is 4.90 Å². The van der Waals surface area contributed by atoms with Gasteiger partial charge >= 0.3 is 0 Å². The summed E-state index contributed by atoms with van der Waals surface area (Å²) in [6, 6.07) is 5.76. The average molecular weight is 428 g/mol. The molecule has 2 aromatic carbocycles. The van der Waals surface area contributed by atoms with E-state index in [1.807, 2.05) is 19.0 Å². The molecule has 0 aliphatic heterocycles. The highest BCUT2D eigenvalue weighted by Crippen LogP contribution is 2.42. The smallest absolute Gasteiger partial charge is 0.200 e. The number of hydrogen-bond acceptors (Lipinski definition) is 8. The van der Waals surface area contributed by atoms with Crippen molar-refractivity contribution >= 4 is 22.9 Å². The maximum absolute atomic E-state index is 13.4. The summed E-state index contributed by atoms with van der Waals surface area (Å²) in [4.78, 5) is 28.7. The molecule has 0 radical (unpaired) electrons. The molecular weight excluding hydrogens is 400 g/mol. The van der Waals surface area contributed by atoms with Crippen molar-refractivity contribution in [3.8, 4) is 11.5 Å². The zero-order valence-electron chi connectivity index (χ0n) is 18.2. The van der Waals surface area contributed by atoms with Crippen LogP contribution in [0.4, 0.5) is 11.4 Å². The first-order valence-corrected chi connectivity index (χ1v) is 9.99. The summed E-state index contributed by atoms with van der Waals surface area (Å²) >= 11 is 0. The quantitative estimate of drug-likeness (QED) is 0.243. The first-order chi connectivity index (χ1) is 14.5. The zero-order valence-corrected chi connectivity index (χ0v) is 18.2. The molecule has 0 spiro atoms. The average Bonchev–Trinajstić information content (AvgIpc) is 2.67. The third-order valence-electron chi connectivity index (χ3n) is 5.12. The molecule has 0 bridgehead atoms. The predicted octanol–water partition coefficient (Wildman–Crippen LogP) is 1.83. The van der Waals surface area contributed by atoms with E-state index < -0.39 is 16.2 Å². The Labute approximate surface area is 181 Å². The Balaban J connectivity index is 2.09. The van der Waals surface area contributed by atoms with Gasteiger partial charge in [0, 0.05) is 24.5 Å². The second kappa shape index (κ2) is 8.54. The number of phenolic OH excluding ortho intramolecular Hbond substituents is 2. The van der Waals surface area contributed by atoms with E-state index in [0.29, 0.717) is 24.5 Å². The molecule has 2 aromatic rings. The van der Waals surface area contributed by atoms with Crippen molar-refractivity contribution in [2.75, 3.05) is 65.0 Å². The van der Waals surface area contributed by atoms with Crippen LogP contribution < -0.4 is 10.6 Å². The fourth-order valence-corrected chi connectivity index (χ4v) is 3.53. The molecule has 0 saturated heterocycles. The lowest BCUT2D eigenvalue weighted by molar-refractivity contribution is -0.838. The molecule has 3 rings (SSSR count). The molecule has 31 heavy (non-hydrogen) atoms. The lowest BCUT2D eigenvalue weighted by atomic mass is 9.81. The summed E-state index contributed by atoms with van der Waals surface area (Å²) < 4.78 is -0.510. The second-order valence-electron chi connectivity index (χ2n) is 8.38. The highest BCUT2D eigenvalue weighted by molar-refractivity contribution is 6.33. The maximum atomic E-state index is 13.4. The molecule has 166 valence electrons. The van der Waals surface area contributed by atoms with Gasteiger partial charge < -0.3 is 35.6 Å². The summed E-state index contributed by atoms with van der Waals surface area (Å²) in [6.45, 7) is 1.78. The van der Waals surface area contributed by atoms with Crippen molar-refractivity contribution in [3.63, 3.8) is 0 Å². The van der Waals surface area contributed by atoms with Gasteiger partial charge in [0.15, 0.2) is 0 Å². The van der Waals surface area contributed by atoms with E-state index in [1.165, 1.54) is 26.2 Å². The molecule has 9 heteroatoms. The van der Waals surface area contributed by atoms with Crippen LogP contribution in [-0.2, 0) is 0 Å². The van der Waals surface area contributed by atoms with Gasteiger partial charge in [0.1, 0.15) is 11.5 Å². The highest BCUT2D eigenvalue weighted by Gasteiger charge is 2.37. The maximum Gasteiger partial charge on any atom is 0.200 e. The normalized spacial score (nSPS) is 13.2. The number of carbonyl (C=O) groups is 2. The Hall–Kier alpha value is -3.14. The van der Waals surface area contributed by atoms with Crippen LogP contribution in [0.2, 0.25) is 0 Å². The number of phenols is 2. The van der Waals surface area contributed by atoms with Gasteiger partial charge in [-0.2, -0.15) is 0 Å². The van der Waals surface area contributed by atoms with Crippen molar-refractivity contribution in [3.05, 3.63) is 51.7 Å². The van der Waals surface area contributed by atoms with Gasteiger partial charge in [0.25, 0.3) is 0 Å². The number of aromatic hydroxyl groups is 2. The summed E-state index contributed by atoms with van der Waals surface area (Å²) in [5, 5.41) is 38.7. The fraction of sp³-hybridized carbons (Fsp3) is 0.364. The van der Waals surface area contributed by atoms with Crippen LogP contribution in [-0.4, -0.2) is 85.7 Å². The van der Waals surface area contributed by atoms with Crippen LogP contribution in [0.25, 0.3) is 0 Å². The molecular formula is C22H28N4O5. The number of ketones is 2. The summed E-state index contributed by atoms with van der Waals surface area (Å²) in [5.74, 6) is -1.84. The first-order valence-electron chi connectivity index (χ1n) is 9.99. The van der Waals surface area contributed by atoms with Crippen molar-refractivity contribution < 1.29 is 24.4 Å². The molecule has 1 aliphatic rings. The standard InChI is InChI=1S/C22H28N4O5/c1-25(2)11-9-23-13-5-6-14(24-10-12-26(3,4)31)18-17(13)21(29)19-15(27)7-8-16(28)20(19)22(18)30/h5-8,23-24,27-28H,9-12H2,1-4H3. The molecule has 0 aromatic heterocycles. The van der Waals surface area contributed by atoms with Gasteiger partial charge in [-0.05, 0) is 38.4 Å². The number of likely N-dealkylation sites (N-methyl/N-ethyl adjacent to an activating group) is 2. The van der Waals surface area contributed by atoms with Crippen molar-refractivity contribution in [2.24, 2.45) is 0 Å². The molecule has 0 unspecified atom stereocenters. The van der Waals surface area contributed by atoms with Gasteiger partial charge in [0.2, 0.25) is 11.6 Å². The minimum atomic E-state index is -0.562. The van der Waals surface area contributed by atoms with Crippen LogP contribution in [0, 0.1) is 5.21 Å². The molecule has 0 saturated carbocycles. The third kappa shape index (κ3) is 4.63. The minimum Gasteiger partial charge on any atom is -0.633 e. The Morgan fingerprint density at radius 2 is 1.29 bits per heavy atom. The molecule has 4 N–H and O–H groups in total. The van der Waals surface area contributed by atoms with Gasteiger partial charge in [-0.15, -0.1) is 0 Å². The minimum absolute atomic E-state index is 0.115. The number of nitrogens with zero attached hydrogens (tertiary/aromatic N) is 2. The van der Waals surface area contributed by atoms with Gasteiger partial charge in [-0.25, -0.2) is 0 Å². The number of fused-ring (bicyclic) bond motifs is 2. The summed E-state index contributed by atoms with van der Waals surface area (Å²) in [6.07, 6.45) is 0. The zero-order chi connectivity index (χ0) is 22.9. The monoisotopic (exact) mass is 428 g/mol. The number of hydroxylamine groups is 3. The van der Waals surface area contributed by atoms with Crippen LogP contribution >= 0.6 is 0 Å². The molecule has 0 amide bonds.